The normalized spacial score (nSPS) is 25.4. The second-order valence-corrected chi connectivity index (χ2v) is 14.0. The molecule has 0 spiro atoms. The van der Waals surface area contributed by atoms with E-state index in [-0.39, 0.29) is 36.3 Å². The average Bonchev–Trinajstić information content (AvgIpc) is 3.84. The summed E-state index contributed by atoms with van der Waals surface area (Å²) in [6.45, 7) is 33.8. The molecular weight excluding hydrogens is 628 g/mol. The molecule has 1 aromatic rings. The molecule has 4 heterocycles. The highest BCUT2D eigenvalue weighted by molar-refractivity contribution is 7.91. The molecule has 4 aliphatic heterocycles. The predicted molar refractivity (Wildman–Crippen MR) is 200 cm³/mol. The van der Waals surface area contributed by atoms with Gasteiger partial charge < -0.3 is 28.8 Å². The highest BCUT2D eigenvalue weighted by atomic mass is 32.2. The van der Waals surface area contributed by atoms with Crippen molar-refractivity contribution in [2.24, 2.45) is 11.8 Å². The highest BCUT2D eigenvalue weighted by Crippen LogP contribution is 2.24. The lowest BCUT2D eigenvalue weighted by atomic mass is 9.93. The Balaban J connectivity index is 0. The molecule has 8 nitrogen and oxygen atoms in total. The fraction of sp³-hybridized carbons (Fsp3) is 0.744. The standard InChI is InChI=1S/C11H14O3S.C8H14O2.C8H14O.C6H12O2.3C2H6/c12-15(13,9-10-6-7-14-8-10)11-4-2-1-3-5-11;1-7-5-8(10-6-7)3-2-4-9;1-6-4-5-9-8(3)7(6)2;1-5-4-7-6(2,3)8-5;3*1-2/h1-5,10H,6-9H2;8-9H,1-6H2;6,8H,2,4-5H2,1,3H3;5H,4H2,1-3H3;3*1-2H3/t;;6-,8?;;;;/m..1..../s1. The number of ether oxygens (including phenoxy) is 5. The third-order valence-corrected chi connectivity index (χ3v) is 9.43. The Hall–Kier alpha value is -1.59. The molecule has 4 saturated heterocycles. The van der Waals surface area contributed by atoms with Gasteiger partial charge in [-0.1, -0.05) is 79.8 Å². The van der Waals surface area contributed by atoms with E-state index >= 15 is 0 Å². The molecule has 0 aromatic heterocycles. The molecule has 4 fully saturated rings. The Labute approximate surface area is 295 Å². The molecule has 5 atom stereocenters. The number of aliphatic hydroxyl groups excluding tert-OH is 1. The summed E-state index contributed by atoms with van der Waals surface area (Å²) >= 11 is 0. The van der Waals surface area contributed by atoms with Gasteiger partial charge in [0, 0.05) is 19.8 Å². The van der Waals surface area contributed by atoms with Crippen LogP contribution in [-0.2, 0) is 33.5 Å². The zero-order valence-corrected chi connectivity index (χ0v) is 33.2. The summed E-state index contributed by atoms with van der Waals surface area (Å²) in [6, 6.07) is 8.60. The fourth-order valence-electron chi connectivity index (χ4n) is 4.91. The molecule has 1 N–H and O–H groups in total. The van der Waals surface area contributed by atoms with E-state index in [0.717, 1.165) is 51.9 Å². The molecule has 0 amide bonds. The Morgan fingerprint density at radius 2 is 1.52 bits per heavy atom. The molecule has 48 heavy (non-hydrogen) atoms. The van der Waals surface area contributed by atoms with E-state index in [9.17, 15) is 8.42 Å². The first-order valence-corrected chi connectivity index (χ1v) is 19.8. The van der Waals surface area contributed by atoms with E-state index in [2.05, 4.69) is 27.0 Å². The number of benzene rings is 1. The lowest BCUT2D eigenvalue weighted by molar-refractivity contribution is -0.136. The molecule has 5 rings (SSSR count). The van der Waals surface area contributed by atoms with Crippen LogP contribution >= 0.6 is 0 Å². The fourth-order valence-corrected chi connectivity index (χ4v) is 6.56. The summed E-state index contributed by atoms with van der Waals surface area (Å²) in [5.41, 5.74) is 2.43. The van der Waals surface area contributed by atoms with Crippen molar-refractivity contribution in [3.05, 3.63) is 54.6 Å². The zero-order chi connectivity index (χ0) is 37.2. The van der Waals surface area contributed by atoms with Crippen LogP contribution in [0.4, 0.5) is 0 Å². The van der Waals surface area contributed by atoms with Crippen LogP contribution in [0.3, 0.4) is 0 Å². The average molecular weight is 701 g/mol. The van der Waals surface area contributed by atoms with Gasteiger partial charge in [-0.25, -0.2) is 8.42 Å². The molecular formula is C39H72O8S. The predicted octanol–water partition coefficient (Wildman–Crippen LogP) is 8.82. The van der Waals surface area contributed by atoms with Crippen molar-refractivity contribution in [2.75, 3.05) is 45.4 Å². The van der Waals surface area contributed by atoms with Crippen LogP contribution in [0.1, 0.15) is 108 Å². The van der Waals surface area contributed by atoms with Crippen molar-refractivity contribution in [3.63, 3.8) is 0 Å². The summed E-state index contributed by atoms with van der Waals surface area (Å²) in [6.07, 6.45) is 5.68. The van der Waals surface area contributed by atoms with E-state index < -0.39 is 9.84 Å². The van der Waals surface area contributed by atoms with Gasteiger partial charge in [0.1, 0.15) is 0 Å². The van der Waals surface area contributed by atoms with Crippen molar-refractivity contribution in [3.8, 4) is 0 Å². The summed E-state index contributed by atoms with van der Waals surface area (Å²) in [4.78, 5) is 0.414. The van der Waals surface area contributed by atoms with E-state index in [1.165, 1.54) is 11.1 Å². The zero-order valence-electron chi connectivity index (χ0n) is 32.4. The van der Waals surface area contributed by atoms with Crippen LogP contribution < -0.4 is 0 Å². The van der Waals surface area contributed by atoms with Crippen LogP contribution in [0.2, 0.25) is 0 Å². The van der Waals surface area contributed by atoms with Crippen LogP contribution in [0.15, 0.2) is 59.5 Å². The minimum atomic E-state index is -3.12. The number of sulfone groups is 1. The van der Waals surface area contributed by atoms with Crippen molar-refractivity contribution < 1.29 is 37.2 Å². The topological polar surface area (TPSA) is 101 Å². The second-order valence-electron chi connectivity index (χ2n) is 12.0. The van der Waals surface area contributed by atoms with Gasteiger partial charge in [-0.2, -0.15) is 0 Å². The largest absolute Gasteiger partial charge is 0.396 e. The van der Waals surface area contributed by atoms with E-state index in [0.29, 0.717) is 30.1 Å². The summed E-state index contributed by atoms with van der Waals surface area (Å²) < 4.78 is 50.3. The van der Waals surface area contributed by atoms with E-state index in [1.807, 2.05) is 68.4 Å². The van der Waals surface area contributed by atoms with Crippen LogP contribution in [0.5, 0.6) is 0 Å². The molecule has 9 heteroatoms. The maximum atomic E-state index is 11.9. The van der Waals surface area contributed by atoms with Crippen molar-refractivity contribution in [2.45, 2.75) is 137 Å². The minimum absolute atomic E-state index is 0.162. The molecule has 4 aliphatic rings. The molecule has 282 valence electrons. The van der Waals surface area contributed by atoms with Crippen LogP contribution in [0, 0.1) is 11.8 Å². The van der Waals surface area contributed by atoms with Crippen LogP contribution in [0.25, 0.3) is 0 Å². The van der Waals surface area contributed by atoms with Gasteiger partial charge in [-0.05, 0) is 94.9 Å². The maximum absolute atomic E-state index is 11.9. The quantitative estimate of drug-likeness (QED) is 0.294. The van der Waals surface area contributed by atoms with Crippen molar-refractivity contribution in [1.29, 1.82) is 0 Å². The van der Waals surface area contributed by atoms with E-state index in [1.54, 1.807) is 24.3 Å². The maximum Gasteiger partial charge on any atom is 0.178 e. The van der Waals surface area contributed by atoms with Gasteiger partial charge in [0.25, 0.3) is 0 Å². The smallest absolute Gasteiger partial charge is 0.178 e. The van der Waals surface area contributed by atoms with Gasteiger partial charge in [0.15, 0.2) is 15.6 Å². The van der Waals surface area contributed by atoms with Crippen LogP contribution in [-0.4, -0.2) is 83.0 Å². The van der Waals surface area contributed by atoms with Gasteiger partial charge in [-0.3, -0.25) is 0 Å². The third kappa shape index (κ3) is 21.5. The van der Waals surface area contributed by atoms with Gasteiger partial charge in [-0.15, -0.1) is 0 Å². The number of rotatable bonds is 6. The second kappa shape index (κ2) is 28.1. The third-order valence-electron chi connectivity index (χ3n) is 7.53. The lowest BCUT2D eigenvalue weighted by Gasteiger charge is -2.27. The Morgan fingerprint density at radius 1 is 0.896 bits per heavy atom. The first kappa shape index (κ1) is 48.5. The SMILES string of the molecule is C=C1C(C)OCC[C@H]1C.C=C1COC(CCCO)C1.CC.CC.CC.CC1COC(C)(C)O1.O=S(=O)(CC1CCOC1)c1ccccc1. The highest BCUT2D eigenvalue weighted by Gasteiger charge is 2.29. The van der Waals surface area contributed by atoms with Crippen molar-refractivity contribution >= 4 is 9.84 Å². The first-order valence-electron chi connectivity index (χ1n) is 18.2. The van der Waals surface area contributed by atoms with Crippen molar-refractivity contribution in [1.82, 2.24) is 0 Å². The van der Waals surface area contributed by atoms with Gasteiger partial charge >= 0.3 is 0 Å². The summed E-state index contributed by atoms with van der Waals surface area (Å²) in [7, 11) is -3.12. The lowest BCUT2D eigenvalue weighted by Crippen LogP contribution is -2.23. The number of hydrogen-bond donors (Lipinski definition) is 1. The van der Waals surface area contributed by atoms with Gasteiger partial charge in [0.05, 0.1) is 48.8 Å². The molecule has 0 saturated carbocycles. The summed E-state index contributed by atoms with van der Waals surface area (Å²) in [5.74, 6) is 0.695. The molecule has 1 aromatic carbocycles. The number of aliphatic hydroxyl groups is 1. The monoisotopic (exact) mass is 700 g/mol. The summed E-state index contributed by atoms with van der Waals surface area (Å²) in [5, 5.41) is 8.51. The Morgan fingerprint density at radius 3 is 1.92 bits per heavy atom. The molecule has 0 radical (unpaired) electrons. The molecule has 0 bridgehead atoms. The first-order chi connectivity index (χ1) is 22.8. The Bertz CT molecular complexity index is 1020. The van der Waals surface area contributed by atoms with E-state index in [4.69, 9.17) is 28.8 Å². The number of hydrogen-bond acceptors (Lipinski definition) is 8. The Kier molecular flexibility index (Phi) is 28.5. The van der Waals surface area contributed by atoms with Gasteiger partial charge in [0.2, 0.25) is 0 Å². The minimum Gasteiger partial charge on any atom is -0.396 e. The molecule has 0 aliphatic carbocycles. The molecule has 4 unspecified atom stereocenters.